The van der Waals surface area contributed by atoms with Crippen molar-refractivity contribution in [3.05, 3.63) is 35.4 Å². The van der Waals surface area contributed by atoms with Gasteiger partial charge in [0.1, 0.15) is 0 Å². The van der Waals surface area contributed by atoms with Gasteiger partial charge in [-0.05, 0) is 31.4 Å². The van der Waals surface area contributed by atoms with Crippen molar-refractivity contribution in [3.63, 3.8) is 0 Å². The van der Waals surface area contributed by atoms with Gasteiger partial charge in [0.05, 0.1) is 6.61 Å². The van der Waals surface area contributed by atoms with Gasteiger partial charge < -0.3 is 10.1 Å². The third kappa shape index (κ3) is 5.65. The molecular weight excluding hydrogens is 222 g/mol. The van der Waals surface area contributed by atoms with Crippen LogP contribution in [0.4, 0.5) is 0 Å². The summed E-state index contributed by atoms with van der Waals surface area (Å²) >= 11 is 0. The molecule has 1 atom stereocenters. The van der Waals surface area contributed by atoms with Crippen LogP contribution in [0.2, 0.25) is 0 Å². The molecule has 0 aliphatic rings. The van der Waals surface area contributed by atoms with Gasteiger partial charge in [-0.3, -0.25) is 0 Å². The van der Waals surface area contributed by atoms with E-state index in [4.69, 9.17) is 4.74 Å². The molecule has 102 valence electrons. The van der Waals surface area contributed by atoms with Gasteiger partial charge in [-0.15, -0.1) is 0 Å². The van der Waals surface area contributed by atoms with Crippen LogP contribution < -0.4 is 5.32 Å². The Labute approximate surface area is 112 Å². The molecule has 0 amide bonds. The predicted molar refractivity (Wildman–Crippen MR) is 77.6 cm³/mol. The lowest BCUT2D eigenvalue weighted by Crippen LogP contribution is -2.25. The fourth-order valence-electron chi connectivity index (χ4n) is 1.98. The molecule has 0 saturated heterocycles. The number of hydrogen-bond acceptors (Lipinski definition) is 2. The molecule has 0 aliphatic heterocycles. The van der Waals surface area contributed by atoms with Crippen LogP contribution in [-0.4, -0.2) is 12.6 Å². The number of unbranched alkanes of at least 4 members (excludes halogenated alkanes) is 1. The maximum absolute atomic E-state index is 5.50. The molecule has 1 aromatic carbocycles. The van der Waals surface area contributed by atoms with Crippen molar-refractivity contribution < 1.29 is 4.74 Å². The maximum atomic E-state index is 5.50. The Balaban J connectivity index is 2.45. The van der Waals surface area contributed by atoms with Crippen LogP contribution >= 0.6 is 0 Å². The topological polar surface area (TPSA) is 21.3 Å². The van der Waals surface area contributed by atoms with Crippen LogP contribution in [0.3, 0.4) is 0 Å². The lowest BCUT2D eigenvalue weighted by molar-refractivity contribution is 0.133. The lowest BCUT2D eigenvalue weighted by Gasteiger charge is -2.15. The third-order valence-electron chi connectivity index (χ3n) is 3.21. The second-order valence-corrected chi connectivity index (χ2v) is 4.83. The van der Waals surface area contributed by atoms with Gasteiger partial charge in [-0.1, -0.05) is 44.0 Å². The van der Waals surface area contributed by atoms with E-state index in [-0.39, 0.29) is 0 Å². The first-order valence-electron chi connectivity index (χ1n) is 7.15. The zero-order valence-electron chi connectivity index (χ0n) is 12.0. The minimum atomic E-state index is 0.588. The highest BCUT2D eigenvalue weighted by Crippen LogP contribution is 2.11. The van der Waals surface area contributed by atoms with Crippen LogP contribution in [0.25, 0.3) is 0 Å². The summed E-state index contributed by atoms with van der Waals surface area (Å²) in [5.41, 5.74) is 2.66. The van der Waals surface area contributed by atoms with Crippen molar-refractivity contribution >= 4 is 0 Å². The SMILES string of the molecule is CCCCC(C)NCc1ccccc1COCC. The molecule has 18 heavy (non-hydrogen) atoms. The maximum Gasteiger partial charge on any atom is 0.0719 e. The molecule has 0 fully saturated rings. The quantitative estimate of drug-likeness (QED) is 0.717. The van der Waals surface area contributed by atoms with E-state index in [9.17, 15) is 0 Å². The summed E-state index contributed by atoms with van der Waals surface area (Å²) in [4.78, 5) is 0. The largest absolute Gasteiger partial charge is 0.377 e. The Morgan fingerprint density at radius 3 is 2.56 bits per heavy atom. The number of hydrogen-bond donors (Lipinski definition) is 1. The van der Waals surface area contributed by atoms with Crippen molar-refractivity contribution in [3.8, 4) is 0 Å². The molecule has 1 rings (SSSR count). The fraction of sp³-hybridized carbons (Fsp3) is 0.625. The van der Waals surface area contributed by atoms with Gasteiger partial charge in [-0.2, -0.15) is 0 Å². The van der Waals surface area contributed by atoms with Gasteiger partial charge in [0.15, 0.2) is 0 Å². The van der Waals surface area contributed by atoms with E-state index in [0.717, 1.165) is 19.8 Å². The van der Waals surface area contributed by atoms with E-state index in [1.807, 2.05) is 6.92 Å². The van der Waals surface area contributed by atoms with Gasteiger partial charge in [0.25, 0.3) is 0 Å². The van der Waals surface area contributed by atoms with Gasteiger partial charge in [0, 0.05) is 19.2 Å². The van der Waals surface area contributed by atoms with Crippen LogP contribution in [0, 0.1) is 0 Å². The molecule has 0 bridgehead atoms. The van der Waals surface area contributed by atoms with Crippen molar-refractivity contribution in [2.24, 2.45) is 0 Å². The molecule has 0 spiro atoms. The molecule has 2 heteroatoms. The van der Waals surface area contributed by atoms with Crippen LogP contribution in [0.5, 0.6) is 0 Å². The molecule has 0 aliphatic carbocycles. The summed E-state index contributed by atoms with van der Waals surface area (Å²) in [5.74, 6) is 0. The molecule has 1 unspecified atom stereocenters. The Hall–Kier alpha value is -0.860. The lowest BCUT2D eigenvalue weighted by atomic mass is 10.1. The average Bonchev–Trinajstić information content (AvgIpc) is 2.41. The minimum Gasteiger partial charge on any atom is -0.377 e. The average molecular weight is 249 g/mol. The summed E-state index contributed by atoms with van der Waals surface area (Å²) in [6.07, 6.45) is 3.83. The van der Waals surface area contributed by atoms with Gasteiger partial charge in [-0.25, -0.2) is 0 Å². The van der Waals surface area contributed by atoms with E-state index in [1.165, 1.54) is 30.4 Å². The second kappa shape index (κ2) is 9.12. The number of benzene rings is 1. The predicted octanol–water partition coefficient (Wildman–Crippen LogP) is 3.89. The zero-order valence-corrected chi connectivity index (χ0v) is 12.0. The second-order valence-electron chi connectivity index (χ2n) is 4.83. The number of rotatable bonds is 9. The zero-order chi connectivity index (χ0) is 13.2. The molecule has 0 radical (unpaired) electrons. The Bertz CT molecular complexity index is 325. The molecule has 0 aromatic heterocycles. The van der Waals surface area contributed by atoms with Crippen molar-refractivity contribution in [2.75, 3.05) is 6.61 Å². The first-order valence-corrected chi connectivity index (χ1v) is 7.15. The normalized spacial score (nSPS) is 12.6. The first-order chi connectivity index (χ1) is 8.77. The summed E-state index contributed by atoms with van der Waals surface area (Å²) < 4.78 is 5.50. The Kier molecular flexibility index (Phi) is 7.70. The van der Waals surface area contributed by atoms with E-state index >= 15 is 0 Å². The monoisotopic (exact) mass is 249 g/mol. The van der Waals surface area contributed by atoms with Crippen LogP contribution in [-0.2, 0) is 17.9 Å². The highest BCUT2D eigenvalue weighted by Gasteiger charge is 2.04. The summed E-state index contributed by atoms with van der Waals surface area (Å²) in [6, 6.07) is 9.11. The van der Waals surface area contributed by atoms with Crippen LogP contribution in [0.1, 0.15) is 51.2 Å². The van der Waals surface area contributed by atoms with E-state index in [1.54, 1.807) is 0 Å². The molecular formula is C16H27NO. The summed E-state index contributed by atoms with van der Waals surface area (Å²) in [5, 5.41) is 3.59. The van der Waals surface area contributed by atoms with E-state index < -0.39 is 0 Å². The Morgan fingerprint density at radius 2 is 1.89 bits per heavy atom. The fourth-order valence-corrected chi connectivity index (χ4v) is 1.98. The Morgan fingerprint density at radius 1 is 1.17 bits per heavy atom. The van der Waals surface area contributed by atoms with Gasteiger partial charge in [0.2, 0.25) is 0 Å². The van der Waals surface area contributed by atoms with Crippen molar-refractivity contribution in [2.45, 2.75) is 59.2 Å². The van der Waals surface area contributed by atoms with Crippen molar-refractivity contribution in [1.29, 1.82) is 0 Å². The van der Waals surface area contributed by atoms with Crippen LogP contribution in [0.15, 0.2) is 24.3 Å². The highest BCUT2D eigenvalue weighted by molar-refractivity contribution is 5.26. The summed E-state index contributed by atoms with van der Waals surface area (Å²) in [6.45, 7) is 8.97. The molecule has 1 N–H and O–H groups in total. The van der Waals surface area contributed by atoms with Gasteiger partial charge >= 0.3 is 0 Å². The third-order valence-corrected chi connectivity index (χ3v) is 3.21. The number of nitrogens with one attached hydrogen (secondary N) is 1. The van der Waals surface area contributed by atoms with Crippen molar-refractivity contribution in [1.82, 2.24) is 5.32 Å². The van der Waals surface area contributed by atoms with E-state index in [0.29, 0.717) is 6.04 Å². The smallest absolute Gasteiger partial charge is 0.0719 e. The van der Waals surface area contributed by atoms with E-state index in [2.05, 4.69) is 43.4 Å². The standard InChI is InChI=1S/C16H27NO/c1-4-6-9-14(3)17-12-15-10-7-8-11-16(15)13-18-5-2/h7-8,10-11,14,17H,4-6,9,12-13H2,1-3H3. The molecule has 1 aromatic rings. The first kappa shape index (κ1) is 15.2. The number of ether oxygens (including phenoxy) is 1. The summed E-state index contributed by atoms with van der Waals surface area (Å²) in [7, 11) is 0. The molecule has 0 heterocycles. The highest BCUT2D eigenvalue weighted by atomic mass is 16.5. The molecule has 0 saturated carbocycles. The molecule has 2 nitrogen and oxygen atoms in total. The minimum absolute atomic E-state index is 0.588.